The number of carbonyl (C=O) groups is 2. The van der Waals surface area contributed by atoms with Crippen molar-refractivity contribution in [1.29, 1.82) is 0 Å². The van der Waals surface area contributed by atoms with Crippen molar-refractivity contribution in [2.45, 2.75) is 26.4 Å². The van der Waals surface area contributed by atoms with Crippen LogP contribution in [0.25, 0.3) is 0 Å². The van der Waals surface area contributed by atoms with Crippen molar-refractivity contribution in [2.24, 2.45) is 0 Å². The highest BCUT2D eigenvalue weighted by atomic mass is 16.2. The summed E-state index contributed by atoms with van der Waals surface area (Å²) in [5, 5.41) is 0. The van der Waals surface area contributed by atoms with Crippen LogP contribution >= 0.6 is 0 Å². The normalized spacial score (nSPS) is 10.2. The number of amides is 2. The van der Waals surface area contributed by atoms with Crippen LogP contribution in [0.1, 0.15) is 30.0 Å². The maximum Gasteiger partial charge on any atom is 0.229 e. The van der Waals surface area contributed by atoms with Crippen molar-refractivity contribution in [3.63, 3.8) is 0 Å². The molecule has 0 spiro atoms. The fourth-order valence-electron chi connectivity index (χ4n) is 3.37. The van der Waals surface area contributed by atoms with Gasteiger partial charge in [0, 0.05) is 37.7 Å². The molecule has 0 radical (unpaired) electrons. The first-order valence-corrected chi connectivity index (χ1v) is 10.3. The first kappa shape index (κ1) is 21.9. The van der Waals surface area contributed by atoms with Gasteiger partial charge in [-0.1, -0.05) is 72.7 Å². The van der Waals surface area contributed by atoms with Crippen molar-refractivity contribution in [2.75, 3.05) is 11.4 Å². The molecule has 3 aromatic carbocycles. The minimum absolute atomic E-state index is 0.0550. The second-order valence-corrected chi connectivity index (χ2v) is 7.34. The Bertz CT molecular complexity index is 1060. The molecule has 2 amide bonds. The third kappa shape index (κ3) is 6.32. The molecule has 0 unspecified atom stereocenters. The Balaban J connectivity index is 1.77. The second-order valence-electron chi connectivity index (χ2n) is 7.34. The average Bonchev–Trinajstić information content (AvgIpc) is 2.81. The van der Waals surface area contributed by atoms with Gasteiger partial charge in [-0.3, -0.25) is 9.59 Å². The van der Waals surface area contributed by atoms with E-state index < -0.39 is 0 Å². The molecule has 0 aliphatic rings. The van der Waals surface area contributed by atoms with E-state index in [-0.39, 0.29) is 18.2 Å². The van der Waals surface area contributed by atoms with Gasteiger partial charge in [0.2, 0.25) is 11.8 Å². The van der Waals surface area contributed by atoms with E-state index in [9.17, 15) is 9.59 Å². The fraction of sp³-hybridized carbons (Fsp3) is 0.185. The maximum absolute atomic E-state index is 13.3. The molecule has 0 heterocycles. The third-order valence-corrected chi connectivity index (χ3v) is 5.07. The van der Waals surface area contributed by atoms with Crippen molar-refractivity contribution in [1.82, 2.24) is 4.90 Å². The second kappa shape index (κ2) is 10.8. The van der Waals surface area contributed by atoms with E-state index in [1.165, 1.54) is 6.92 Å². The summed E-state index contributed by atoms with van der Waals surface area (Å²) < 4.78 is 0. The van der Waals surface area contributed by atoms with Crippen LogP contribution < -0.4 is 4.90 Å². The van der Waals surface area contributed by atoms with Gasteiger partial charge in [-0.25, -0.2) is 0 Å². The number of anilines is 1. The van der Waals surface area contributed by atoms with E-state index in [4.69, 9.17) is 6.42 Å². The van der Waals surface area contributed by atoms with Gasteiger partial charge in [0.1, 0.15) is 0 Å². The van der Waals surface area contributed by atoms with Gasteiger partial charge in [0.05, 0.1) is 6.54 Å². The molecule has 0 aliphatic heterocycles. The number of benzene rings is 3. The molecule has 0 bridgehead atoms. The predicted octanol–water partition coefficient (Wildman–Crippen LogP) is 4.64. The molecular formula is C27H26N2O2. The largest absolute Gasteiger partial charge is 0.338 e. The van der Waals surface area contributed by atoms with Gasteiger partial charge >= 0.3 is 0 Å². The molecule has 4 heteroatoms. The molecule has 31 heavy (non-hydrogen) atoms. The summed E-state index contributed by atoms with van der Waals surface area (Å²) in [6.45, 7) is 2.80. The minimum Gasteiger partial charge on any atom is -0.338 e. The first-order chi connectivity index (χ1) is 15.1. The Morgan fingerprint density at radius 3 is 2.03 bits per heavy atom. The van der Waals surface area contributed by atoms with Crippen LogP contribution in [0.2, 0.25) is 0 Å². The molecule has 0 aromatic heterocycles. The summed E-state index contributed by atoms with van der Waals surface area (Å²) in [5.74, 6) is 2.51. The lowest BCUT2D eigenvalue weighted by Gasteiger charge is -2.26. The number of carbonyl (C=O) groups excluding carboxylic acids is 2. The van der Waals surface area contributed by atoms with Crippen molar-refractivity contribution < 1.29 is 9.59 Å². The monoisotopic (exact) mass is 410 g/mol. The summed E-state index contributed by atoms with van der Waals surface area (Å²) in [5.41, 5.74) is 3.53. The van der Waals surface area contributed by atoms with Gasteiger partial charge in [0.25, 0.3) is 0 Å². The van der Waals surface area contributed by atoms with Gasteiger partial charge < -0.3 is 9.80 Å². The van der Waals surface area contributed by atoms with E-state index in [2.05, 4.69) is 5.92 Å². The molecule has 0 N–H and O–H groups in total. The molecule has 0 aliphatic carbocycles. The summed E-state index contributed by atoms with van der Waals surface area (Å²) >= 11 is 0. The number of terminal acetylenes is 1. The van der Waals surface area contributed by atoms with Gasteiger partial charge in [-0.2, -0.15) is 0 Å². The zero-order valence-electron chi connectivity index (χ0n) is 17.7. The molecule has 0 saturated heterocycles. The zero-order chi connectivity index (χ0) is 22.1. The summed E-state index contributed by atoms with van der Waals surface area (Å²) in [4.78, 5) is 28.9. The van der Waals surface area contributed by atoms with E-state index in [0.717, 1.165) is 22.4 Å². The van der Waals surface area contributed by atoms with Crippen LogP contribution in [0, 0.1) is 12.3 Å². The predicted molar refractivity (Wildman–Crippen MR) is 124 cm³/mol. The lowest BCUT2D eigenvalue weighted by atomic mass is 10.1. The van der Waals surface area contributed by atoms with E-state index in [1.54, 1.807) is 9.80 Å². The Morgan fingerprint density at radius 2 is 1.45 bits per heavy atom. The van der Waals surface area contributed by atoms with E-state index >= 15 is 0 Å². The molecule has 0 saturated carbocycles. The number of hydrogen-bond donors (Lipinski definition) is 0. The topological polar surface area (TPSA) is 40.6 Å². The molecule has 156 valence electrons. The Kier molecular flexibility index (Phi) is 7.61. The highest BCUT2D eigenvalue weighted by Gasteiger charge is 2.19. The third-order valence-electron chi connectivity index (χ3n) is 5.07. The van der Waals surface area contributed by atoms with Gasteiger partial charge in [0.15, 0.2) is 0 Å². The molecule has 0 fully saturated rings. The van der Waals surface area contributed by atoms with Crippen molar-refractivity contribution in [3.05, 3.63) is 102 Å². The molecule has 3 rings (SSSR count). The standard InChI is InChI=1S/C27H26N2O2/c1-3-23-15-10-16-26(19-23)29(21-25-13-8-5-9-14-25)27(31)17-18-28(22(2)30)20-24-11-6-4-7-12-24/h1,4-16,19H,17-18,20-21H2,2H3. The average molecular weight is 411 g/mol. The van der Waals surface area contributed by atoms with Crippen LogP contribution in [0.5, 0.6) is 0 Å². The van der Waals surface area contributed by atoms with Crippen LogP contribution in [-0.4, -0.2) is 23.3 Å². The summed E-state index contributed by atoms with van der Waals surface area (Å²) in [7, 11) is 0. The van der Waals surface area contributed by atoms with E-state index in [1.807, 2.05) is 84.9 Å². The number of nitrogens with zero attached hydrogens (tertiary/aromatic N) is 2. The minimum atomic E-state index is -0.0580. The molecule has 4 nitrogen and oxygen atoms in total. The van der Waals surface area contributed by atoms with Gasteiger partial charge in [-0.15, -0.1) is 6.42 Å². The van der Waals surface area contributed by atoms with Crippen LogP contribution in [0.4, 0.5) is 5.69 Å². The zero-order valence-corrected chi connectivity index (χ0v) is 17.7. The molecule has 3 aromatic rings. The Morgan fingerprint density at radius 1 is 0.839 bits per heavy atom. The van der Waals surface area contributed by atoms with Crippen LogP contribution in [0.15, 0.2) is 84.9 Å². The number of rotatable bonds is 8. The summed E-state index contributed by atoms with van der Waals surface area (Å²) in [6.07, 6.45) is 5.78. The Labute approximate surface area is 184 Å². The lowest BCUT2D eigenvalue weighted by Crippen LogP contribution is -2.36. The van der Waals surface area contributed by atoms with Crippen LogP contribution in [-0.2, 0) is 22.7 Å². The summed E-state index contributed by atoms with van der Waals surface area (Å²) in [6, 6.07) is 27.0. The van der Waals surface area contributed by atoms with Crippen molar-refractivity contribution >= 4 is 17.5 Å². The molecular weight excluding hydrogens is 384 g/mol. The van der Waals surface area contributed by atoms with E-state index in [0.29, 0.717) is 19.6 Å². The quantitative estimate of drug-likeness (QED) is 0.508. The first-order valence-electron chi connectivity index (χ1n) is 10.3. The highest BCUT2D eigenvalue weighted by Crippen LogP contribution is 2.20. The smallest absolute Gasteiger partial charge is 0.229 e. The SMILES string of the molecule is C#Cc1cccc(N(Cc2ccccc2)C(=O)CCN(Cc2ccccc2)C(C)=O)c1. The van der Waals surface area contributed by atoms with Gasteiger partial charge in [-0.05, 0) is 29.3 Å². The fourth-order valence-corrected chi connectivity index (χ4v) is 3.37. The Hall–Kier alpha value is -3.84. The van der Waals surface area contributed by atoms with Crippen LogP contribution in [0.3, 0.4) is 0 Å². The molecule has 0 atom stereocenters. The number of hydrogen-bond acceptors (Lipinski definition) is 2. The van der Waals surface area contributed by atoms with Crippen molar-refractivity contribution in [3.8, 4) is 12.3 Å². The highest BCUT2D eigenvalue weighted by molar-refractivity contribution is 5.93. The lowest BCUT2D eigenvalue weighted by molar-refractivity contribution is -0.130. The maximum atomic E-state index is 13.3.